The molecule has 3 heterocycles. The van der Waals surface area contributed by atoms with Crippen LogP contribution in [0.3, 0.4) is 0 Å². The van der Waals surface area contributed by atoms with Crippen molar-refractivity contribution in [1.82, 2.24) is 19.7 Å². The summed E-state index contributed by atoms with van der Waals surface area (Å²) in [5.41, 5.74) is 9.80. The summed E-state index contributed by atoms with van der Waals surface area (Å²) >= 11 is 0. The smallest absolute Gasteiger partial charge is 0.226 e. The van der Waals surface area contributed by atoms with E-state index in [-0.39, 0.29) is 5.82 Å². The van der Waals surface area contributed by atoms with Crippen molar-refractivity contribution in [1.29, 1.82) is 0 Å². The number of imidazole rings is 1. The normalized spacial score (nSPS) is 15.5. The van der Waals surface area contributed by atoms with Gasteiger partial charge >= 0.3 is 0 Å². The molecule has 134 valence electrons. The maximum absolute atomic E-state index is 13.8. The number of hydrogen-bond donors (Lipinski definition) is 2. The van der Waals surface area contributed by atoms with Crippen molar-refractivity contribution >= 4 is 5.69 Å². The maximum Gasteiger partial charge on any atom is 0.226 e. The Bertz CT molecular complexity index is 1020. The van der Waals surface area contributed by atoms with Crippen molar-refractivity contribution in [3.63, 3.8) is 0 Å². The van der Waals surface area contributed by atoms with Crippen LogP contribution in [0.4, 0.5) is 10.1 Å². The van der Waals surface area contributed by atoms with E-state index in [9.17, 15) is 4.39 Å². The van der Waals surface area contributed by atoms with Crippen molar-refractivity contribution in [2.75, 3.05) is 5.01 Å². The second-order valence-corrected chi connectivity index (χ2v) is 6.08. The van der Waals surface area contributed by atoms with Crippen LogP contribution in [0, 0.1) is 5.82 Å². The standard InChI is InChI=1S/C17H18FN7O/c1-3-15-22-17(23-26-15)16-14-7-12(9(2)19)25(20)13-6-10(18)4-5-11(13)24(14)8-21-16/h4-6,8H,3,7,19-20H2,1-2H3/b12-9-. The minimum Gasteiger partial charge on any atom is -0.401 e. The number of halogens is 1. The molecule has 8 nitrogen and oxygen atoms in total. The Labute approximate surface area is 148 Å². The zero-order valence-corrected chi connectivity index (χ0v) is 14.4. The maximum atomic E-state index is 13.8. The van der Waals surface area contributed by atoms with Gasteiger partial charge in [-0.15, -0.1) is 0 Å². The van der Waals surface area contributed by atoms with E-state index in [1.165, 1.54) is 17.1 Å². The Hall–Kier alpha value is -3.20. The van der Waals surface area contributed by atoms with E-state index in [0.717, 1.165) is 5.69 Å². The molecule has 0 spiro atoms. The first-order valence-electron chi connectivity index (χ1n) is 8.18. The van der Waals surface area contributed by atoms with E-state index in [2.05, 4.69) is 15.1 Å². The molecular weight excluding hydrogens is 337 g/mol. The molecule has 4 rings (SSSR count). The highest BCUT2D eigenvalue weighted by molar-refractivity contribution is 5.70. The number of aryl methyl sites for hydroxylation is 1. The Morgan fingerprint density at radius 1 is 1.35 bits per heavy atom. The van der Waals surface area contributed by atoms with Crippen LogP contribution in [0.2, 0.25) is 0 Å². The number of fused-ring (bicyclic) bond motifs is 3. The van der Waals surface area contributed by atoms with E-state index in [1.807, 2.05) is 11.5 Å². The number of rotatable bonds is 2. The topological polar surface area (TPSA) is 112 Å². The van der Waals surface area contributed by atoms with Gasteiger partial charge in [0.15, 0.2) is 0 Å². The summed E-state index contributed by atoms with van der Waals surface area (Å²) < 4.78 is 20.9. The van der Waals surface area contributed by atoms with Crippen LogP contribution in [0.25, 0.3) is 17.2 Å². The van der Waals surface area contributed by atoms with Gasteiger partial charge in [-0.1, -0.05) is 12.1 Å². The molecule has 0 fully saturated rings. The second-order valence-electron chi connectivity index (χ2n) is 6.08. The van der Waals surface area contributed by atoms with Gasteiger partial charge in [0.2, 0.25) is 11.7 Å². The van der Waals surface area contributed by atoms with Crippen LogP contribution in [-0.2, 0) is 12.8 Å². The molecule has 0 bridgehead atoms. The highest BCUT2D eigenvalue weighted by Crippen LogP contribution is 2.35. The van der Waals surface area contributed by atoms with Crippen molar-refractivity contribution in [2.45, 2.75) is 26.7 Å². The Kier molecular flexibility index (Phi) is 3.73. The van der Waals surface area contributed by atoms with E-state index < -0.39 is 0 Å². The summed E-state index contributed by atoms with van der Waals surface area (Å²) in [7, 11) is 0. The quantitative estimate of drug-likeness (QED) is 0.677. The summed E-state index contributed by atoms with van der Waals surface area (Å²) in [5, 5.41) is 5.43. The molecule has 0 saturated carbocycles. The van der Waals surface area contributed by atoms with Crippen LogP contribution >= 0.6 is 0 Å². The van der Waals surface area contributed by atoms with Gasteiger partial charge in [0.1, 0.15) is 17.8 Å². The predicted octanol–water partition coefficient (Wildman–Crippen LogP) is 2.05. The lowest BCUT2D eigenvalue weighted by molar-refractivity contribution is 0.382. The van der Waals surface area contributed by atoms with Gasteiger partial charge in [0.25, 0.3) is 0 Å². The second kappa shape index (κ2) is 5.95. The first-order chi connectivity index (χ1) is 12.5. The third-order valence-electron chi connectivity index (χ3n) is 4.39. The average Bonchev–Trinajstić information content (AvgIpc) is 3.22. The summed E-state index contributed by atoms with van der Waals surface area (Å²) in [6.45, 7) is 3.68. The van der Waals surface area contributed by atoms with Crippen LogP contribution < -0.4 is 16.6 Å². The van der Waals surface area contributed by atoms with Crippen molar-refractivity contribution in [2.24, 2.45) is 11.6 Å². The van der Waals surface area contributed by atoms with Crippen LogP contribution in [0.1, 0.15) is 25.4 Å². The Morgan fingerprint density at radius 3 is 2.85 bits per heavy atom. The van der Waals surface area contributed by atoms with Crippen LogP contribution in [0.15, 0.2) is 40.4 Å². The van der Waals surface area contributed by atoms with Crippen molar-refractivity contribution < 1.29 is 8.91 Å². The molecule has 4 N–H and O–H groups in total. The van der Waals surface area contributed by atoms with Crippen molar-refractivity contribution in [3.8, 4) is 17.2 Å². The minimum atomic E-state index is -0.386. The molecule has 1 aliphatic rings. The molecule has 0 aliphatic carbocycles. The average molecular weight is 355 g/mol. The zero-order chi connectivity index (χ0) is 18.4. The SMILES string of the molecule is CCc1nc(-c2ncn3c2C/C(=C(\C)N)N(N)c2cc(F)ccc2-3)no1. The fourth-order valence-corrected chi connectivity index (χ4v) is 3.04. The molecule has 1 aromatic carbocycles. The number of aromatic nitrogens is 4. The number of hydrazine groups is 1. The highest BCUT2D eigenvalue weighted by atomic mass is 19.1. The van der Waals surface area contributed by atoms with Gasteiger partial charge < -0.3 is 10.3 Å². The fourth-order valence-electron chi connectivity index (χ4n) is 3.04. The molecular formula is C17H18FN7O. The molecule has 3 aromatic rings. The third kappa shape index (κ3) is 2.44. The number of nitrogens with zero attached hydrogens (tertiary/aromatic N) is 5. The van der Waals surface area contributed by atoms with Crippen LogP contribution in [0.5, 0.6) is 0 Å². The fraction of sp³-hybridized carbons (Fsp3) is 0.235. The van der Waals surface area contributed by atoms with Gasteiger partial charge in [-0.3, -0.25) is 9.58 Å². The molecule has 0 atom stereocenters. The molecule has 26 heavy (non-hydrogen) atoms. The monoisotopic (exact) mass is 355 g/mol. The lowest BCUT2D eigenvalue weighted by Gasteiger charge is -2.22. The number of anilines is 1. The molecule has 1 aliphatic heterocycles. The third-order valence-corrected chi connectivity index (χ3v) is 4.39. The van der Waals surface area contributed by atoms with E-state index in [0.29, 0.717) is 53.0 Å². The molecule has 0 amide bonds. The number of nitrogens with two attached hydrogens (primary N) is 2. The summed E-state index contributed by atoms with van der Waals surface area (Å²) in [6, 6.07) is 4.40. The predicted molar refractivity (Wildman–Crippen MR) is 93.4 cm³/mol. The summed E-state index contributed by atoms with van der Waals surface area (Å²) in [6.07, 6.45) is 2.67. The van der Waals surface area contributed by atoms with Gasteiger partial charge in [0.05, 0.1) is 22.8 Å². The van der Waals surface area contributed by atoms with Crippen LogP contribution in [-0.4, -0.2) is 19.7 Å². The molecule has 0 radical (unpaired) electrons. The molecule has 9 heteroatoms. The molecule has 2 aromatic heterocycles. The van der Waals surface area contributed by atoms with E-state index in [1.54, 1.807) is 19.3 Å². The first kappa shape index (κ1) is 16.3. The van der Waals surface area contributed by atoms with Gasteiger partial charge in [-0.2, -0.15) is 4.98 Å². The summed E-state index contributed by atoms with van der Waals surface area (Å²) in [5.74, 6) is 6.81. The van der Waals surface area contributed by atoms with Crippen molar-refractivity contribution in [3.05, 3.63) is 53.3 Å². The molecule has 0 unspecified atom stereocenters. The number of benzene rings is 1. The van der Waals surface area contributed by atoms with E-state index in [4.69, 9.17) is 16.1 Å². The van der Waals surface area contributed by atoms with Gasteiger partial charge in [-0.25, -0.2) is 15.2 Å². The first-order valence-corrected chi connectivity index (χ1v) is 8.18. The summed E-state index contributed by atoms with van der Waals surface area (Å²) in [4.78, 5) is 8.82. The van der Waals surface area contributed by atoms with Gasteiger partial charge in [0, 0.05) is 24.6 Å². The van der Waals surface area contributed by atoms with Gasteiger partial charge in [-0.05, 0) is 19.1 Å². The van der Waals surface area contributed by atoms with E-state index >= 15 is 0 Å². The zero-order valence-electron chi connectivity index (χ0n) is 14.4. The number of allylic oxidation sites excluding steroid dienone is 2. The number of hydrogen-bond acceptors (Lipinski definition) is 7. The Balaban J connectivity index is 1.97. The lowest BCUT2D eigenvalue weighted by atomic mass is 10.1. The Morgan fingerprint density at radius 2 is 2.15 bits per heavy atom. The highest BCUT2D eigenvalue weighted by Gasteiger charge is 2.28. The minimum absolute atomic E-state index is 0.386. The molecule has 0 saturated heterocycles. The largest absolute Gasteiger partial charge is 0.401 e. The lowest BCUT2D eigenvalue weighted by Crippen LogP contribution is -2.32.